The number of benzene rings is 7. The summed E-state index contributed by atoms with van der Waals surface area (Å²) in [5, 5.41) is 9.37. The van der Waals surface area contributed by atoms with Crippen molar-refractivity contribution in [3.05, 3.63) is 194 Å². The molecular weight excluding hydrogens is 703 g/mol. The van der Waals surface area contributed by atoms with Gasteiger partial charge in [0.15, 0.2) is 34.9 Å². The highest BCUT2D eigenvalue weighted by atomic mass is 16.5. The summed E-state index contributed by atoms with van der Waals surface area (Å²) in [5.41, 5.74) is 7.74. The van der Waals surface area contributed by atoms with Crippen molar-refractivity contribution in [2.24, 2.45) is 0 Å². The fourth-order valence-electron chi connectivity index (χ4n) is 6.37. The first-order valence-electron chi connectivity index (χ1n) is 18.3. The van der Waals surface area contributed by atoms with Crippen LogP contribution in [0.5, 0.6) is 11.5 Å². The third kappa shape index (κ3) is 7.76. The Kier molecular flexibility index (Phi) is 9.52. The average Bonchev–Trinajstić information content (AvgIpc) is 3.30. The highest BCUT2D eigenvalue weighted by Gasteiger charge is 2.15. The molecule has 0 aliphatic heterocycles. The van der Waals surface area contributed by atoms with Gasteiger partial charge in [0.1, 0.15) is 11.5 Å². The summed E-state index contributed by atoms with van der Waals surface area (Å²) in [6.07, 6.45) is 0. The fourth-order valence-corrected chi connectivity index (χ4v) is 6.37. The minimum atomic E-state index is 0.517. The number of rotatable bonds is 9. The van der Waals surface area contributed by atoms with Crippen molar-refractivity contribution in [3.63, 3.8) is 0 Å². The zero-order valence-corrected chi connectivity index (χ0v) is 30.4. The molecule has 2 aromatic heterocycles. The van der Waals surface area contributed by atoms with Crippen molar-refractivity contribution >= 4 is 0 Å². The normalized spacial score (nSPS) is 10.8. The summed E-state index contributed by atoms with van der Waals surface area (Å²) in [6.45, 7) is 0. The number of hydrogen-bond acceptors (Lipinski definition) is 8. The van der Waals surface area contributed by atoms with Crippen LogP contribution in [0.3, 0.4) is 0 Å². The molecule has 0 aliphatic rings. The molecule has 0 spiro atoms. The van der Waals surface area contributed by atoms with E-state index in [1.54, 1.807) is 6.07 Å². The van der Waals surface area contributed by atoms with E-state index in [-0.39, 0.29) is 0 Å². The van der Waals surface area contributed by atoms with E-state index in [0.717, 1.165) is 44.5 Å². The maximum atomic E-state index is 9.37. The van der Waals surface area contributed by atoms with Crippen LogP contribution < -0.4 is 4.74 Å². The summed E-state index contributed by atoms with van der Waals surface area (Å²) < 4.78 is 6.37. The van der Waals surface area contributed by atoms with E-state index in [0.29, 0.717) is 52.0 Å². The monoisotopic (exact) mass is 733 g/mol. The first-order chi connectivity index (χ1) is 28.1. The molecule has 7 aromatic carbocycles. The summed E-state index contributed by atoms with van der Waals surface area (Å²) in [6, 6.07) is 62.9. The predicted molar refractivity (Wildman–Crippen MR) is 222 cm³/mol. The molecule has 0 amide bonds. The molecule has 0 N–H and O–H groups in total. The van der Waals surface area contributed by atoms with E-state index in [9.17, 15) is 5.26 Å². The number of nitrogens with zero attached hydrogens (tertiary/aromatic N) is 7. The van der Waals surface area contributed by atoms with Crippen molar-refractivity contribution in [1.29, 1.82) is 5.26 Å². The Morgan fingerprint density at radius 1 is 0.298 bits per heavy atom. The van der Waals surface area contributed by atoms with Crippen LogP contribution in [0.15, 0.2) is 188 Å². The zero-order valence-electron chi connectivity index (χ0n) is 30.4. The van der Waals surface area contributed by atoms with Crippen LogP contribution in [0.2, 0.25) is 0 Å². The maximum Gasteiger partial charge on any atom is 0.164 e. The van der Waals surface area contributed by atoms with Gasteiger partial charge in [-0.2, -0.15) is 5.26 Å². The van der Waals surface area contributed by atoms with Crippen LogP contribution in [0.25, 0.3) is 79.5 Å². The molecule has 0 bridgehead atoms. The smallest absolute Gasteiger partial charge is 0.164 e. The van der Waals surface area contributed by atoms with Crippen LogP contribution in [-0.4, -0.2) is 29.9 Å². The molecule has 2 heterocycles. The molecule has 0 fully saturated rings. The Balaban J connectivity index is 1.01. The second-order valence-electron chi connectivity index (χ2n) is 13.1. The van der Waals surface area contributed by atoms with Gasteiger partial charge < -0.3 is 4.74 Å². The SMILES string of the molecule is N#Cc1cccc(-c2ccc(-c3nc(-c4ccccc4)nc(-c4cccc(Oc5ccc(-c6nc(-c7ccccc7)nc(-c7ccccc7)n6)cc5)c4)n3)cc2)c1. The Morgan fingerprint density at radius 3 is 1.14 bits per heavy atom. The second kappa shape index (κ2) is 15.7. The van der Waals surface area contributed by atoms with E-state index in [1.165, 1.54) is 0 Å². The van der Waals surface area contributed by atoms with Crippen LogP contribution in [0.4, 0.5) is 0 Å². The number of aromatic nitrogens is 6. The van der Waals surface area contributed by atoms with E-state index in [1.807, 2.05) is 182 Å². The Morgan fingerprint density at radius 2 is 0.667 bits per heavy atom. The van der Waals surface area contributed by atoms with E-state index in [4.69, 9.17) is 34.6 Å². The molecule has 0 atom stereocenters. The van der Waals surface area contributed by atoms with Gasteiger partial charge in [-0.15, -0.1) is 0 Å². The molecule has 57 heavy (non-hydrogen) atoms. The van der Waals surface area contributed by atoms with Crippen LogP contribution >= 0.6 is 0 Å². The van der Waals surface area contributed by atoms with Gasteiger partial charge in [-0.3, -0.25) is 0 Å². The van der Waals surface area contributed by atoms with Crippen LogP contribution in [0, 0.1) is 11.3 Å². The summed E-state index contributed by atoms with van der Waals surface area (Å²) >= 11 is 0. The zero-order chi connectivity index (χ0) is 38.4. The quantitative estimate of drug-likeness (QED) is 0.144. The third-order valence-electron chi connectivity index (χ3n) is 9.28. The summed E-state index contributed by atoms with van der Waals surface area (Å²) in [7, 11) is 0. The van der Waals surface area contributed by atoms with E-state index < -0.39 is 0 Å². The highest BCUT2D eigenvalue weighted by molar-refractivity contribution is 5.72. The molecule has 8 nitrogen and oxygen atoms in total. The molecule has 0 aliphatic carbocycles. The minimum absolute atomic E-state index is 0.517. The average molecular weight is 734 g/mol. The molecule has 0 radical (unpaired) electrons. The Hall–Kier alpha value is -8.15. The maximum absolute atomic E-state index is 9.37. The van der Waals surface area contributed by atoms with Crippen molar-refractivity contribution < 1.29 is 4.74 Å². The van der Waals surface area contributed by atoms with Gasteiger partial charge in [0.2, 0.25) is 0 Å². The first kappa shape index (κ1) is 34.6. The first-order valence-corrected chi connectivity index (χ1v) is 18.3. The lowest BCUT2D eigenvalue weighted by Crippen LogP contribution is -2.00. The van der Waals surface area contributed by atoms with E-state index in [2.05, 4.69) is 6.07 Å². The lowest BCUT2D eigenvalue weighted by Gasteiger charge is -2.11. The van der Waals surface area contributed by atoms with Gasteiger partial charge in [-0.1, -0.05) is 140 Å². The molecule has 0 unspecified atom stereocenters. The molecule has 9 aromatic rings. The molecule has 9 rings (SSSR count). The Labute approximate surface area is 329 Å². The van der Waals surface area contributed by atoms with Crippen molar-refractivity contribution in [1.82, 2.24) is 29.9 Å². The summed E-state index contributed by atoms with van der Waals surface area (Å²) in [5.74, 6) is 4.68. The van der Waals surface area contributed by atoms with Crippen LogP contribution in [0.1, 0.15) is 5.56 Å². The van der Waals surface area contributed by atoms with E-state index >= 15 is 0 Å². The van der Waals surface area contributed by atoms with Gasteiger partial charge >= 0.3 is 0 Å². The molecule has 268 valence electrons. The largest absolute Gasteiger partial charge is 0.457 e. The lowest BCUT2D eigenvalue weighted by molar-refractivity contribution is 0.483. The number of hydrogen-bond donors (Lipinski definition) is 0. The fraction of sp³-hybridized carbons (Fsp3) is 0. The molecular formula is C49H31N7O. The highest BCUT2D eigenvalue weighted by Crippen LogP contribution is 2.32. The van der Waals surface area contributed by atoms with Gasteiger partial charge in [0.05, 0.1) is 11.6 Å². The van der Waals surface area contributed by atoms with Gasteiger partial charge in [-0.25, -0.2) is 29.9 Å². The third-order valence-corrected chi connectivity index (χ3v) is 9.28. The van der Waals surface area contributed by atoms with Gasteiger partial charge in [-0.05, 0) is 59.7 Å². The van der Waals surface area contributed by atoms with Gasteiger partial charge in [0, 0.05) is 33.4 Å². The summed E-state index contributed by atoms with van der Waals surface area (Å²) in [4.78, 5) is 29.2. The van der Waals surface area contributed by atoms with Crippen molar-refractivity contribution in [3.8, 4) is 97.0 Å². The second-order valence-corrected chi connectivity index (χ2v) is 13.1. The molecule has 8 heteroatoms. The standard InChI is InChI=1S/C49H31N7O/c50-32-33-12-10-19-40(30-33)34-22-24-38(25-23-34)47-54-46(37-17-8-3-9-18-37)55-49(56-47)41-20-11-21-43(31-41)57-42-28-26-39(27-29-42)48-52-44(35-13-4-1-5-14-35)51-45(53-48)36-15-6-2-7-16-36/h1-31H. The van der Waals surface area contributed by atoms with Crippen molar-refractivity contribution in [2.75, 3.05) is 0 Å². The number of nitriles is 1. The topological polar surface area (TPSA) is 110 Å². The predicted octanol–water partition coefficient (Wildman–Crippen LogP) is 11.4. The van der Waals surface area contributed by atoms with Crippen LogP contribution in [-0.2, 0) is 0 Å². The molecule has 0 saturated carbocycles. The molecule has 0 saturated heterocycles. The van der Waals surface area contributed by atoms with Gasteiger partial charge in [0.25, 0.3) is 0 Å². The minimum Gasteiger partial charge on any atom is -0.457 e. The van der Waals surface area contributed by atoms with Crippen molar-refractivity contribution in [2.45, 2.75) is 0 Å². The number of ether oxygens (including phenoxy) is 1. The lowest BCUT2D eigenvalue weighted by atomic mass is 10.0. The Bertz CT molecular complexity index is 2800.